The summed E-state index contributed by atoms with van der Waals surface area (Å²) in [6.45, 7) is 11.5. The van der Waals surface area contributed by atoms with Crippen LogP contribution in [0.4, 0.5) is 0 Å². The Bertz CT molecular complexity index is 799. The first-order valence-corrected chi connectivity index (χ1v) is 9.99. The third-order valence-electron chi connectivity index (χ3n) is 5.25. The molecule has 152 valence electrons. The van der Waals surface area contributed by atoms with Gasteiger partial charge in [-0.15, -0.1) is 0 Å². The van der Waals surface area contributed by atoms with Crippen molar-refractivity contribution in [3.05, 3.63) is 28.6 Å². The van der Waals surface area contributed by atoms with Gasteiger partial charge in [-0.25, -0.2) is 4.79 Å². The number of carbonyl (C=O) groups is 2. The molecule has 0 unspecified atom stereocenters. The molecule has 0 aromatic carbocycles. The molecule has 6 heteroatoms. The minimum atomic E-state index is -0.755. The van der Waals surface area contributed by atoms with Crippen LogP contribution in [0.1, 0.15) is 57.0 Å². The minimum absolute atomic E-state index is 0.0933. The van der Waals surface area contributed by atoms with Gasteiger partial charge < -0.3 is 14.2 Å². The van der Waals surface area contributed by atoms with E-state index in [9.17, 15) is 14.9 Å². The number of carbonyl (C=O) groups excluding carboxylic acids is 2. The molecular weight excluding hydrogens is 354 g/mol. The van der Waals surface area contributed by atoms with Gasteiger partial charge in [-0.2, -0.15) is 5.26 Å². The van der Waals surface area contributed by atoms with Crippen molar-refractivity contribution in [1.82, 2.24) is 9.47 Å². The Hall–Kier alpha value is -2.55. The van der Waals surface area contributed by atoms with E-state index in [-0.39, 0.29) is 24.1 Å². The number of ether oxygens (including phenoxy) is 1. The predicted molar refractivity (Wildman–Crippen MR) is 108 cm³/mol. The molecule has 0 bridgehead atoms. The first kappa shape index (κ1) is 21.7. The van der Waals surface area contributed by atoms with Gasteiger partial charge in [-0.05, 0) is 63.7 Å². The first-order chi connectivity index (χ1) is 13.2. The van der Waals surface area contributed by atoms with E-state index < -0.39 is 5.97 Å². The lowest BCUT2D eigenvalue weighted by Crippen LogP contribution is -2.44. The fourth-order valence-electron chi connectivity index (χ4n) is 3.67. The Labute approximate surface area is 167 Å². The van der Waals surface area contributed by atoms with E-state index in [1.807, 2.05) is 32.9 Å². The molecule has 0 saturated carbocycles. The fourth-order valence-corrected chi connectivity index (χ4v) is 3.67. The molecule has 1 aliphatic heterocycles. The molecule has 0 N–H and O–H groups in total. The van der Waals surface area contributed by atoms with Gasteiger partial charge in [-0.3, -0.25) is 4.79 Å². The van der Waals surface area contributed by atoms with Crippen LogP contribution in [0.5, 0.6) is 0 Å². The van der Waals surface area contributed by atoms with Crippen LogP contribution in [-0.2, 0) is 20.9 Å². The zero-order chi connectivity index (χ0) is 20.8. The number of likely N-dealkylation sites (tertiary alicyclic amines) is 1. The van der Waals surface area contributed by atoms with Crippen LogP contribution < -0.4 is 0 Å². The van der Waals surface area contributed by atoms with Crippen LogP contribution in [0.25, 0.3) is 6.08 Å². The third-order valence-corrected chi connectivity index (χ3v) is 5.25. The van der Waals surface area contributed by atoms with Gasteiger partial charge in [0.1, 0.15) is 11.6 Å². The number of hydrogen-bond acceptors (Lipinski definition) is 4. The Morgan fingerprint density at radius 3 is 2.68 bits per heavy atom. The quantitative estimate of drug-likeness (QED) is 0.426. The summed E-state index contributed by atoms with van der Waals surface area (Å²) in [6, 6.07) is 4.04. The highest BCUT2D eigenvalue weighted by Gasteiger charge is 2.24. The number of aromatic nitrogens is 1. The molecule has 0 aliphatic carbocycles. The summed E-state index contributed by atoms with van der Waals surface area (Å²) in [7, 11) is 0. The molecule has 28 heavy (non-hydrogen) atoms. The zero-order valence-electron chi connectivity index (χ0n) is 17.6. The molecule has 1 aliphatic rings. The number of esters is 1. The van der Waals surface area contributed by atoms with Gasteiger partial charge in [0.15, 0.2) is 6.61 Å². The van der Waals surface area contributed by atoms with Crippen molar-refractivity contribution in [1.29, 1.82) is 5.26 Å². The van der Waals surface area contributed by atoms with Crippen LogP contribution in [0.15, 0.2) is 11.6 Å². The highest BCUT2D eigenvalue weighted by atomic mass is 16.5. The molecule has 1 aromatic rings. The molecule has 1 saturated heterocycles. The lowest BCUT2D eigenvalue weighted by atomic mass is 10.0. The summed E-state index contributed by atoms with van der Waals surface area (Å²) in [5.74, 6) is -0.465. The van der Waals surface area contributed by atoms with Crippen LogP contribution >= 0.6 is 0 Å². The molecular formula is C22H31N3O3. The molecule has 2 heterocycles. The SMILES string of the molecule is Cc1cc(/C=C(\C#N)C(=O)OCC(=O)N2CCCC[C@@H]2C)c(C)n1CC(C)C. The van der Waals surface area contributed by atoms with E-state index in [0.29, 0.717) is 12.5 Å². The molecule has 1 fully saturated rings. The van der Waals surface area contributed by atoms with Crippen LogP contribution in [0.3, 0.4) is 0 Å². The average molecular weight is 386 g/mol. The predicted octanol–water partition coefficient (Wildman–Crippen LogP) is 3.61. The van der Waals surface area contributed by atoms with Crippen molar-refractivity contribution in [2.24, 2.45) is 5.92 Å². The van der Waals surface area contributed by atoms with Crippen molar-refractivity contribution in [2.75, 3.05) is 13.2 Å². The summed E-state index contributed by atoms with van der Waals surface area (Å²) in [5, 5.41) is 9.40. The number of nitrogens with zero attached hydrogens (tertiary/aromatic N) is 3. The smallest absolute Gasteiger partial charge is 0.349 e. The van der Waals surface area contributed by atoms with Gasteiger partial charge in [0.25, 0.3) is 5.91 Å². The van der Waals surface area contributed by atoms with Crippen LogP contribution in [0.2, 0.25) is 0 Å². The Morgan fingerprint density at radius 2 is 2.07 bits per heavy atom. The summed E-state index contributed by atoms with van der Waals surface area (Å²) in [4.78, 5) is 26.4. The highest BCUT2D eigenvalue weighted by Crippen LogP contribution is 2.20. The van der Waals surface area contributed by atoms with Crippen molar-refractivity contribution < 1.29 is 14.3 Å². The van der Waals surface area contributed by atoms with Crippen molar-refractivity contribution in [3.8, 4) is 6.07 Å². The van der Waals surface area contributed by atoms with Crippen molar-refractivity contribution in [2.45, 2.75) is 66.5 Å². The van der Waals surface area contributed by atoms with Crippen LogP contribution in [-0.4, -0.2) is 40.5 Å². The maximum atomic E-state index is 12.3. The molecule has 0 spiro atoms. The minimum Gasteiger partial charge on any atom is -0.451 e. The summed E-state index contributed by atoms with van der Waals surface area (Å²) in [5.41, 5.74) is 2.81. The van der Waals surface area contributed by atoms with E-state index in [1.165, 1.54) is 0 Å². The van der Waals surface area contributed by atoms with E-state index in [1.54, 1.807) is 11.0 Å². The second-order valence-electron chi connectivity index (χ2n) is 8.01. The number of amides is 1. The Kier molecular flexibility index (Phi) is 7.45. The van der Waals surface area contributed by atoms with Gasteiger partial charge in [-0.1, -0.05) is 13.8 Å². The lowest BCUT2D eigenvalue weighted by molar-refractivity contribution is -0.150. The normalized spacial score (nSPS) is 17.5. The summed E-state index contributed by atoms with van der Waals surface area (Å²) in [6.07, 6.45) is 4.60. The van der Waals surface area contributed by atoms with Crippen molar-refractivity contribution in [3.63, 3.8) is 0 Å². The maximum absolute atomic E-state index is 12.3. The van der Waals surface area contributed by atoms with E-state index in [2.05, 4.69) is 18.4 Å². The van der Waals surface area contributed by atoms with Gasteiger partial charge in [0.05, 0.1) is 0 Å². The lowest BCUT2D eigenvalue weighted by Gasteiger charge is -2.33. The van der Waals surface area contributed by atoms with Crippen LogP contribution in [0, 0.1) is 31.1 Å². The van der Waals surface area contributed by atoms with E-state index >= 15 is 0 Å². The highest BCUT2D eigenvalue weighted by molar-refractivity contribution is 5.99. The number of aryl methyl sites for hydroxylation is 1. The number of hydrogen-bond donors (Lipinski definition) is 0. The maximum Gasteiger partial charge on any atom is 0.349 e. The summed E-state index contributed by atoms with van der Waals surface area (Å²) >= 11 is 0. The largest absolute Gasteiger partial charge is 0.451 e. The fraction of sp³-hybridized carbons (Fsp3) is 0.591. The Balaban J connectivity index is 2.07. The first-order valence-electron chi connectivity index (χ1n) is 9.99. The number of nitriles is 1. The number of rotatable bonds is 6. The van der Waals surface area contributed by atoms with Gasteiger partial charge in [0, 0.05) is 30.5 Å². The summed E-state index contributed by atoms with van der Waals surface area (Å²) < 4.78 is 7.32. The van der Waals surface area contributed by atoms with E-state index in [4.69, 9.17) is 4.74 Å². The molecule has 0 radical (unpaired) electrons. The second-order valence-corrected chi connectivity index (χ2v) is 8.01. The van der Waals surface area contributed by atoms with E-state index in [0.717, 1.165) is 42.8 Å². The molecule has 6 nitrogen and oxygen atoms in total. The molecule has 1 amide bonds. The van der Waals surface area contributed by atoms with Gasteiger partial charge >= 0.3 is 5.97 Å². The van der Waals surface area contributed by atoms with Crippen molar-refractivity contribution >= 4 is 18.0 Å². The average Bonchev–Trinajstić information content (AvgIpc) is 2.91. The number of piperidine rings is 1. The molecule has 1 aromatic heterocycles. The second kappa shape index (κ2) is 9.59. The standard InChI is InChI=1S/C22H31N3O3/c1-15(2)13-25-17(4)10-19(18(25)5)11-20(12-23)22(27)28-14-21(26)24-9-7-6-8-16(24)3/h10-11,15-16H,6-9,13-14H2,1-5H3/b20-11+/t16-/m0/s1. The Morgan fingerprint density at radius 1 is 1.36 bits per heavy atom. The molecule has 1 atom stereocenters. The molecule has 2 rings (SSSR count). The monoisotopic (exact) mass is 385 g/mol. The van der Waals surface area contributed by atoms with Gasteiger partial charge in [0.2, 0.25) is 0 Å². The zero-order valence-corrected chi connectivity index (χ0v) is 17.6. The topological polar surface area (TPSA) is 75.3 Å². The third kappa shape index (κ3) is 5.25.